The van der Waals surface area contributed by atoms with Crippen molar-refractivity contribution in [3.63, 3.8) is 0 Å². The molecule has 0 aliphatic carbocycles. The van der Waals surface area contributed by atoms with E-state index in [2.05, 4.69) is 10.2 Å². The van der Waals surface area contributed by atoms with Gasteiger partial charge < -0.3 is 19.5 Å². The summed E-state index contributed by atoms with van der Waals surface area (Å²) in [5.41, 5.74) is -0.844. The van der Waals surface area contributed by atoms with Gasteiger partial charge in [0.15, 0.2) is 5.82 Å². The lowest BCUT2D eigenvalue weighted by atomic mass is 9.82. The fourth-order valence-corrected chi connectivity index (χ4v) is 3.01. The Hall–Kier alpha value is -2.12. The number of likely N-dealkylation sites (tertiary alicyclic amines) is 1. The van der Waals surface area contributed by atoms with Crippen LogP contribution < -0.4 is 0 Å². The van der Waals surface area contributed by atoms with Crippen LogP contribution in [-0.2, 0) is 17.9 Å². The summed E-state index contributed by atoms with van der Waals surface area (Å²) in [7, 11) is 0. The minimum absolute atomic E-state index is 0.101. The zero-order valence-corrected chi connectivity index (χ0v) is 12.0. The largest absolute Gasteiger partial charge is 0.481 e. The summed E-state index contributed by atoms with van der Waals surface area (Å²) in [4.78, 5) is 27.3. The van der Waals surface area contributed by atoms with Gasteiger partial charge in [0.1, 0.15) is 6.33 Å². The Morgan fingerprint density at radius 1 is 1.29 bits per heavy atom. The number of carboxylic acids is 1. The number of urea groups is 1. The quantitative estimate of drug-likeness (QED) is 0.809. The lowest BCUT2D eigenvalue weighted by molar-refractivity contribution is -0.150. The van der Waals surface area contributed by atoms with E-state index in [9.17, 15) is 14.7 Å². The highest BCUT2D eigenvalue weighted by atomic mass is 16.4. The number of fused-ring (bicyclic) bond motifs is 1. The van der Waals surface area contributed by atoms with Gasteiger partial charge in [0, 0.05) is 26.2 Å². The second kappa shape index (κ2) is 5.01. The van der Waals surface area contributed by atoms with Crippen LogP contribution in [0, 0.1) is 5.41 Å². The first-order valence-electron chi connectivity index (χ1n) is 7.13. The number of aliphatic carboxylic acids is 1. The predicted molar refractivity (Wildman–Crippen MR) is 72.4 cm³/mol. The summed E-state index contributed by atoms with van der Waals surface area (Å²) < 4.78 is 1.93. The fourth-order valence-electron chi connectivity index (χ4n) is 3.01. The highest BCUT2D eigenvalue weighted by Crippen LogP contribution is 2.30. The molecule has 1 N–H and O–H groups in total. The molecule has 1 fully saturated rings. The van der Waals surface area contributed by atoms with Crippen molar-refractivity contribution in [2.24, 2.45) is 5.41 Å². The summed E-state index contributed by atoms with van der Waals surface area (Å²) in [6, 6.07) is -0.101. The van der Waals surface area contributed by atoms with Gasteiger partial charge in [0.25, 0.3) is 0 Å². The van der Waals surface area contributed by atoms with Crippen LogP contribution in [0.2, 0.25) is 0 Å². The summed E-state index contributed by atoms with van der Waals surface area (Å²) in [6.07, 6.45) is 3.00. The molecule has 1 atom stereocenters. The second-order valence-electron chi connectivity index (χ2n) is 6.04. The molecule has 8 nitrogen and oxygen atoms in total. The van der Waals surface area contributed by atoms with E-state index in [1.54, 1.807) is 23.1 Å². The molecule has 0 aromatic carbocycles. The van der Waals surface area contributed by atoms with E-state index in [4.69, 9.17) is 0 Å². The van der Waals surface area contributed by atoms with Crippen molar-refractivity contribution in [2.45, 2.75) is 32.9 Å². The number of rotatable bonds is 1. The Bertz CT molecular complexity index is 572. The summed E-state index contributed by atoms with van der Waals surface area (Å²) in [5, 5.41) is 17.2. The molecule has 1 saturated heterocycles. The Morgan fingerprint density at radius 3 is 2.86 bits per heavy atom. The number of amides is 2. The average Bonchev–Trinajstić information content (AvgIpc) is 2.93. The maximum Gasteiger partial charge on any atom is 0.320 e. The average molecular weight is 293 g/mol. The number of carboxylic acid groups (broad SMARTS) is 1. The Morgan fingerprint density at radius 2 is 2.10 bits per heavy atom. The third kappa shape index (κ3) is 2.45. The van der Waals surface area contributed by atoms with E-state index in [0.29, 0.717) is 32.6 Å². The minimum atomic E-state index is -0.844. The third-order valence-corrected chi connectivity index (χ3v) is 4.39. The number of hydrogen-bond acceptors (Lipinski definition) is 4. The van der Waals surface area contributed by atoms with E-state index < -0.39 is 11.4 Å². The van der Waals surface area contributed by atoms with Crippen LogP contribution in [0.25, 0.3) is 0 Å². The van der Waals surface area contributed by atoms with Gasteiger partial charge in [0.05, 0.1) is 12.0 Å². The van der Waals surface area contributed by atoms with Crippen molar-refractivity contribution < 1.29 is 14.7 Å². The molecule has 0 bridgehead atoms. The molecule has 3 rings (SSSR count). The number of carbonyl (C=O) groups excluding carboxylic acids is 1. The van der Waals surface area contributed by atoms with E-state index in [1.165, 1.54) is 0 Å². The van der Waals surface area contributed by atoms with Crippen molar-refractivity contribution >= 4 is 12.0 Å². The van der Waals surface area contributed by atoms with Crippen LogP contribution >= 0.6 is 0 Å². The lowest BCUT2D eigenvalue weighted by Gasteiger charge is -2.40. The smallest absolute Gasteiger partial charge is 0.320 e. The highest BCUT2D eigenvalue weighted by molar-refractivity contribution is 5.78. The van der Waals surface area contributed by atoms with E-state index in [0.717, 1.165) is 12.2 Å². The highest BCUT2D eigenvalue weighted by Gasteiger charge is 2.40. The number of hydrogen-bond donors (Lipinski definition) is 1. The summed E-state index contributed by atoms with van der Waals surface area (Å²) in [5.74, 6) is -0.0639. The van der Waals surface area contributed by atoms with Gasteiger partial charge >= 0.3 is 12.0 Å². The van der Waals surface area contributed by atoms with Crippen molar-refractivity contribution in [2.75, 3.05) is 19.6 Å². The molecule has 0 spiro atoms. The minimum Gasteiger partial charge on any atom is -0.481 e. The Kier molecular flexibility index (Phi) is 3.30. The van der Waals surface area contributed by atoms with Gasteiger partial charge in [-0.2, -0.15) is 0 Å². The Labute approximate surface area is 122 Å². The maximum absolute atomic E-state index is 12.6. The van der Waals surface area contributed by atoms with Crippen LogP contribution in [0.3, 0.4) is 0 Å². The van der Waals surface area contributed by atoms with Crippen LogP contribution in [0.15, 0.2) is 6.33 Å². The molecular formula is C13H19N5O3. The molecule has 2 aliphatic heterocycles. The van der Waals surface area contributed by atoms with E-state index in [1.807, 2.05) is 4.57 Å². The lowest BCUT2D eigenvalue weighted by Crippen LogP contribution is -2.53. The zero-order chi connectivity index (χ0) is 15.0. The van der Waals surface area contributed by atoms with Gasteiger partial charge in [0.2, 0.25) is 0 Å². The van der Waals surface area contributed by atoms with Gasteiger partial charge in [-0.3, -0.25) is 4.79 Å². The van der Waals surface area contributed by atoms with Crippen molar-refractivity contribution in [1.29, 1.82) is 0 Å². The first-order valence-corrected chi connectivity index (χ1v) is 7.13. The molecule has 114 valence electrons. The summed E-state index contributed by atoms with van der Waals surface area (Å²) in [6.45, 7) is 4.30. The van der Waals surface area contributed by atoms with Gasteiger partial charge in [-0.05, 0) is 19.8 Å². The molecule has 2 amide bonds. The predicted octanol–water partition coefficient (Wildman–Crippen LogP) is 0.400. The normalized spacial score (nSPS) is 25.6. The van der Waals surface area contributed by atoms with Gasteiger partial charge in [-0.1, -0.05) is 0 Å². The Balaban J connectivity index is 1.70. The number of carbonyl (C=O) groups is 2. The first kappa shape index (κ1) is 13.8. The second-order valence-corrected chi connectivity index (χ2v) is 6.04. The molecule has 2 aliphatic rings. The molecule has 1 unspecified atom stereocenters. The SMILES string of the molecule is CC1(C(=O)O)CCCN(C(=O)N2CCn3cnnc3C2)C1. The van der Waals surface area contributed by atoms with Crippen LogP contribution in [0.1, 0.15) is 25.6 Å². The third-order valence-electron chi connectivity index (χ3n) is 4.39. The van der Waals surface area contributed by atoms with Crippen LogP contribution in [0.4, 0.5) is 4.79 Å². The standard InChI is InChI=1S/C13H19N5O3/c1-13(11(19)20)3-2-4-17(8-13)12(21)16-5-6-18-9-14-15-10(18)7-16/h9H,2-8H2,1H3,(H,19,20). The van der Waals surface area contributed by atoms with Crippen molar-refractivity contribution in [3.05, 3.63) is 12.2 Å². The van der Waals surface area contributed by atoms with Crippen LogP contribution in [-0.4, -0.2) is 61.3 Å². The fraction of sp³-hybridized carbons (Fsp3) is 0.692. The molecule has 1 aromatic rings. The summed E-state index contributed by atoms with van der Waals surface area (Å²) >= 11 is 0. The number of aromatic nitrogens is 3. The molecular weight excluding hydrogens is 274 g/mol. The van der Waals surface area contributed by atoms with E-state index in [-0.39, 0.29) is 12.6 Å². The van der Waals surface area contributed by atoms with Crippen LogP contribution in [0.5, 0.6) is 0 Å². The van der Waals surface area contributed by atoms with Crippen molar-refractivity contribution in [1.82, 2.24) is 24.6 Å². The molecule has 0 radical (unpaired) electrons. The van der Waals surface area contributed by atoms with Crippen molar-refractivity contribution in [3.8, 4) is 0 Å². The monoisotopic (exact) mass is 293 g/mol. The topological polar surface area (TPSA) is 91.6 Å². The molecule has 21 heavy (non-hydrogen) atoms. The molecule has 8 heteroatoms. The number of nitrogens with zero attached hydrogens (tertiary/aromatic N) is 5. The van der Waals surface area contributed by atoms with E-state index >= 15 is 0 Å². The number of piperidine rings is 1. The van der Waals surface area contributed by atoms with Gasteiger partial charge in [-0.15, -0.1) is 10.2 Å². The van der Waals surface area contributed by atoms with Gasteiger partial charge in [-0.25, -0.2) is 4.79 Å². The first-order chi connectivity index (χ1) is 9.99. The molecule has 0 saturated carbocycles. The molecule has 1 aromatic heterocycles. The maximum atomic E-state index is 12.6. The zero-order valence-electron chi connectivity index (χ0n) is 12.0. The molecule has 3 heterocycles.